The first-order valence-electron chi connectivity index (χ1n) is 8.52. The van der Waals surface area contributed by atoms with Crippen LogP contribution in [0.5, 0.6) is 0 Å². The van der Waals surface area contributed by atoms with Crippen molar-refractivity contribution in [1.29, 1.82) is 0 Å². The molecule has 21 heavy (non-hydrogen) atoms. The second-order valence-electron chi connectivity index (χ2n) is 6.75. The van der Waals surface area contributed by atoms with Gasteiger partial charge < -0.3 is 10.4 Å². The van der Waals surface area contributed by atoms with Gasteiger partial charge >= 0.3 is 0 Å². The molecular weight excluding hydrogens is 262 g/mol. The monoisotopic (exact) mass is 293 g/mol. The third-order valence-corrected chi connectivity index (χ3v) is 5.02. The SMILES string of the molecule is CCC(CC)n1ccc(CNC2(CO)CCCC(C)C2)n1. The normalized spacial score (nSPS) is 26.4. The highest BCUT2D eigenvalue weighted by atomic mass is 16.3. The number of hydrogen-bond acceptors (Lipinski definition) is 3. The zero-order valence-corrected chi connectivity index (χ0v) is 13.8. The van der Waals surface area contributed by atoms with Crippen LogP contribution < -0.4 is 5.32 Å². The van der Waals surface area contributed by atoms with Crippen LogP contribution in [0.15, 0.2) is 12.3 Å². The van der Waals surface area contributed by atoms with Crippen LogP contribution in [0.4, 0.5) is 0 Å². The number of aliphatic hydroxyl groups is 1. The van der Waals surface area contributed by atoms with Gasteiger partial charge in [0.25, 0.3) is 0 Å². The lowest BCUT2D eigenvalue weighted by atomic mass is 9.77. The molecule has 2 N–H and O–H groups in total. The van der Waals surface area contributed by atoms with Crippen LogP contribution in [0.1, 0.15) is 71.0 Å². The number of aromatic nitrogens is 2. The number of nitrogens with zero attached hydrogens (tertiary/aromatic N) is 2. The Morgan fingerprint density at radius 1 is 1.48 bits per heavy atom. The van der Waals surface area contributed by atoms with Crippen molar-refractivity contribution in [2.24, 2.45) is 5.92 Å². The molecule has 0 aromatic carbocycles. The summed E-state index contributed by atoms with van der Waals surface area (Å²) < 4.78 is 2.09. The first-order valence-corrected chi connectivity index (χ1v) is 8.52. The maximum Gasteiger partial charge on any atom is 0.0762 e. The Kier molecular flexibility index (Phi) is 5.82. The summed E-state index contributed by atoms with van der Waals surface area (Å²) in [4.78, 5) is 0. The predicted octanol–water partition coefficient (Wildman–Crippen LogP) is 3.28. The molecule has 4 heteroatoms. The largest absolute Gasteiger partial charge is 0.394 e. The fourth-order valence-corrected chi connectivity index (χ4v) is 3.64. The zero-order valence-electron chi connectivity index (χ0n) is 13.8. The molecule has 0 bridgehead atoms. The molecule has 1 saturated carbocycles. The standard InChI is InChI=1S/C17H31N3O/c1-4-16(5-2)20-10-8-15(19-20)12-18-17(13-21)9-6-7-14(3)11-17/h8,10,14,16,18,21H,4-7,9,11-13H2,1-3H3. The number of nitrogens with one attached hydrogen (secondary N) is 1. The molecule has 120 valence electrons. The molecule has 2 unspecified atom stereocenters. The van der Waals surface area contributed by atoms with E-state index in [1.54, 1.807) is 0 Å². The van der Waals surface area contributed by atoms with Crippen LogP contribution in [-0.4, -0.2) is 27.0 Å². The van der Waals surface area contributed by atoms with Crippen molar-refractivity contribution in [3.05, 3.63) is 18.0 Å². The van der Waals surface area contributed by atoms with E-state index in [0.29, 0.717) is 12.0 Å². The molecule has 1 aliphatic carbocycles. The molecule has 0 amide bonds. The van der Waals surface area contributed by atoms with Gasteiger partial charge in [-0.25, -0.2) is 0 Å². The maximum atomic E-state index is 9.82. The molecule has 1 heterocycles. The minimum Gasteiger partial charge on any atom is -0.394 e. The second-order valence-corrected chi connectivity index (χ2v) is 6.75. The molecule has 2 atom stereocenters. The van der Waals surface area contributed by atoms with E-state index < -0.39 is 0 Å². The lowest BCUT2D eigenvalue weighted by Crippen LogP contribution is -2.51. The fraction of sp³-hybridized carbons (Fsp3) is 0.824. The highest BCUT2D eigenvalue weighted by molar-refractivity contribution is 5.02. The molecule has 0 spiro atoms. The Morgan fingerprint density at radius 2 is 2.24 bits per heavy atom. The molecule has 2 rings (SSSR count). The average Bonchev–Trinajstić information content (AvgIpc) is 2.95. The van der Waals surface area contributed by atoms with Gasteiger partial charge in [-0.1, -0.05) is 33.6 Å². The van der Waals surface area contributed by atoms with Crippen molar-refractivity contribution in [2.75, 3.05) is 6.61 Å². The first-order chi connectivity index (χ1) is 10.1. The molecule has 0 aliphatic heterocycles. The summed E-state index contributed by atoms with van der Waals surface area (Å²) in [5, 5.41) is 18.1. The summed E-state index contributed by atoms with van der Waals surface area (Å²) in [6, 6.07) is 2.60. The topological polar surface area (TPSA) is 50.1 Å². The summed E-state index contributed by atoms with van der Waals surface area (Å²) >= 11 is 0. The van der Waals surface area contributed by atoms with Gasteiger partial charge in [-0.2, -0.15) is 5.10 Å². The van der Waals surface area contributed by atoms with Gasteiger partial charge in [0, 0.05) is 18.3 Å². The van der Waals surface area contributed by atoms with Gasteiger partial charge in [-0.3, -0.25) is 4.68 Å². The second kappa shape index (κ2) is 7.41. The summed E-state index contributed by atoms with van der Waals surface area (Å²) in [5.74, 6) is 0.695. The van der Waals surface area contributed by atoms with Gasteiger partial charge in [0.05, 0.1) is 18.3 Å². The van der Waals surface area contributed by atoms with E-state index in [9.17, 15) is 5.11 Å². The van der Waals surface area contributed by atoms with Crippen molar-refractivity contribution in [3.8, 4) is 0 Å². The Hall–Kier alpha value is -0.870. The summed E-state index contributed by atoms with van der Waals surface area (Å²) in [7, 11) is 0. The van der Waals surface area contributed by atoms with Crippen LogP contribution in [0.2, 0.25) is 0 Å². The van der Waals surface area contributed by atoms with E-state index in [1.807, 2.05) is 0 Å². The van der Waals surface area contributed by atoms with E-state index in [4.69, 9.17) is 5.10 Å². The minimum atomic E-state index is -0.101. The molecule has 4 nitrogen and oxygen atoms in total. The van der Waals surface area contributed by atoms with Crippen LogP contribution >= 0.6 is 0 Å². The molecule has 1 fully saturated rings. The Labute approximate surface area is 128 Å². The van der Waals surface area contributed by atoms with Crippen LogP contribution in [0.25, 0.3) is 0 Å². The predicted molar refractivity (Wildman–Crippen MR) is 86.1 cm³/mol. The molecular formula is C17H31N3O. The Balaban J connectivity index is 1.95. The Morgan fingerprint density at radius 3 is 2.86 bits per heavy atom. The summed E-state index contributed by atoms with van der Waals surface area (Å²) in [6.07, 6.45) is 8.94. The fourth-order valence-electron chi connectivity index (χ4n) is 3.64. The summed E-state index contributed by atoms with van der Waals surface area (Å²) in [6.45, 7) is 7.67. The number of rotatable bonds is 7. The highest BCUT2D eigenvalue weighted by Gasteiger charge is 2.33. The van der Waals surface area contributed by atoms with Crippen LogP contribution in [-0.2, 0) is 6.54 Å². The van der Waals surface area contributed by atoms with Gasteiger partial charge in [0.1, 0.15) is 0 Å². The Bertz CT molecular complexity index is 427. The van der Waals surface area contributed by atoms with E-state index in [1.165, 1.54) is 12.8 Å². The van der Waals surface area contributed by atoms with E-state index in [-0.39, 0.29) is 12.1 Å². The van der Waals surface area contributed by atoms with Crippen LogP contribution in [0, 0.1) is 5.92 Å². The van der Waals surface area contributed by atoms with Gasteiger partial charge in [0.15, 0.2) is 0 Å². The van der Waals surface area contributed by atoms with Gasteiger partial charge in [-0.15, -0.1) is 0 Å². The van der Waals surface area contributed by atoms with Crippen molar-refractivity contribution < 1.29 is 5.11 Å². The van der Waals surface area contributed by atoms with Crippen molar-refractivity contribution in [2.45, 2.75) is 77.4 Å². The molecule has 1 aromatic heterocycles. The van der Waals surface area contributed by atoms with Gasteiger partial charge in [-0.05, 0) is 37.7 Å². The van der Waals surface area contributed by atoms with E-state index >= 15 is 0 Å². The quantitative estimate of drug-likeness (QED) is 0.811. The molecule has 1 aliphatic rings. The highest BCUT2D eigenvalue weighted by Crippen LogP contribution is 2.32. The van der Waals surface area contributed by atoms with E-state index in [2.05, 4.69) is 43.0 Å². The first kappa shape index (κ1) is 16.5. The van der Waals surface area contributed by atoms with Crippen LogP contribution in [0.3, 0.4) is 0 Å². The zero-order chi connectivity index (χ0) is 15.3. The number of hydrogen-bond donors (Lipinski definition) is 2. The minimum absolute atomic E-state index is 0.101. The lowest BCUT2D eigenvalue weighted by molar-refractivity contribution is 0.0978. The summed E-state index contributed by atoms with van der Waals surface area (Å²) in [5.41, 5.74) is 0.976. The maximum absolute atomic E-state index is 9.82. The van der Waals surface area contributed by atoms with E-state index in [0.717, 1.165) is 37.9 Å². The molecule has 0 saturated heterocycles. The van der Waals surface area contributed by atoms with Crippen molar-refractivity contribution >= 4 is 0 Å². The van der Waals surface area contributed by atoms with Gasteiger partial charge in [0.2, 0.25) is 0 Å². The number of aliphatic hydroxyl groups excluding tert-OH is 1. The van der Waals surface area contributed by atoms with Crippen molar-refractivity contribution in [1.82, 2.24) is 15.1 Å². The molecule has 1 aromatic rings. The molecule has 0 radical (unpaired) electrons. The smallest absolute Gasteiger partial charge is 0.0762 e. The average molecular weight is 293 g/mol. The third-order valence-electron chi connectivity index (χ3n) is 5.02. The third kappa shape index (κ3) is 4.07. The lowest BCUT2D eigenvalue weighted by Gasteiger charge is -2.39. The van der Waals surface area contributed by atoms with Crippen molar-refractivity contribution in [3.63, 3.8) is 0 Å².